The maximum atomic E-state index is 2.30. The van der Waals surface area contributed by atoms with Gasteiger partial charge in [0.2, 0.25) is 0 Å². The Morgan fingerprint density at radius 3 is 1.15 bits per heavy atom. The summed E-state index contributed by atoms with van der Waals surface area (Å²) >= 11 is 0. The van der Waals surface area contributed by atoms with Crippen LogP contribution in [0.5, 0.6) is 0 Å². The topological polar surface area (TPSA) is 0 Å². The van der Waals surface area contributed by atoms with Crippen molar-refractivity contribution in [1.29, 1.82) is 0 Å². The van der Waals surface area contributed by atoms with Gasteiger partial charge in [-0.2, -0.15) is 0 Å². The van der Waals surface area contributed by atoms with Crippen LogP contribution in [0.4, 0.5) is 0 Å². The van der Waals surface area contributed by atoms with Gasteiger partial charge >= 0.3 is 0 Å². The Morgan fingerprint density at radius 2 is 0.756 bits per heavy atom. The van der Waals surface area contributed by atoms with E-state index in [1.54, 1.807) is 0 Å². The number of allylic oxidation sites excluding steroid dienone is 26. The molecule has 0 rings (SSSR count). The van der Waals surface area contributed by atoms with Crippen LogP contribution in [-0.2, 0) is 0 Å². The largest absolute Gasteiger partial charge is 0.0856 e. The van der Waals surface area contributed by atoms with Crippen molar-refractivity contribution in [3.63, 3.8) is 0 Å². The molecule has 0 aromatic rings. The van der Waals surface area contributed by atoms with Crippen LogP contribution < -0.4 is 0 Å². The second kappa shape index (κ2) is 23.3. The van der Waals surface area contributed by atoms with Gasteiger partial charge < -0.3 is 0 Å². The summed E-state index contributed by atoms with van der Waals surface area (Å²) < 4.78 is 0. The van der Waals surface area contributed by atoms with E-state index in [2.05, 4.69) is 179 Å². The van der Waals surface area contributed by atoms with Crippen LogP contribution in [0.25, 0.3) is 0 Å². The molecule has 0 aliphatic heterocycles. The lowest BCUT2D eigenvalue weighted by Gasteiger charge is -2.03. The molecule has 0 radical (unpaired) electrons. The molecule has 0 fully saturated rings. The fourth-order valence-corrected chi connectivity index (χ4v) is 3.46. The van der Waals surface area contributed by atoms with Crippen LogP contribution in [0.15, 0.2) is 153 Å². The van der Waals surface area contributed by atoms with E-state index in [0.717, 1.165) is 25.7 Å². The maximum Gasteiger partial charge on any atom is -0.0283 e. The highest BCUT2D eigenvalue weighted by Gasteiger charge is 1.94. The fourth-order valence-electron chi connectivity index (χ4n) is 3.46. The lowest BCUT2D eigenvalue weighted by atomic mass is 10.0. The van der Waals surface area contributed by atoms with E-state index in [1.165, 1.54) is 50.2 Å². The molecule has 222 valence electrons. The van der Waals surface area contributed by atoms with Crippen molar-refractivity contribution in [1.82, 2.24) is 0 Å². The van der Waals surface area contributed by atoms with Gasteiger partial charge in [0.05, 0.1) is 0 Å². The molecule has 0 saturated carbocycles. The number of hydrogen-bond acceptors (Lipinski definition) is 0. The Labute approximate surface area is 254 Å². The second-order valence-corrected chi connectivity index (χ2v) is 11.6. The van der Waals surface area contributed by atoms with Crippen LogP contribution in [0, 0.1) is 0 Å². The van der Waals surface area contributed by atoms with Crippen LogP contribution in [-0.4, -0.2) is 0 Å². The van der Waals surface area contributed by atoms with Crippen LogP contribution in [0.3, 0.4) is 0 Å². The Kier molecular flexibility index (Phi) is 21.4. The quantitative estimate of drug-likeness (QED) is 0.132. The van der Waals surface area contributed by atoms with Gasteiger partial charge in [0, 0.05) is 0 Å². The molecule has 0 aliphatic rings. The summed E-state index contributed by atoms with van der Waals surface area (Å²) in [6.45, 7) is 23.8. The molecule has 0 heterocycles. The first-order valence-electron chi connectivity index (χ1n) is 15.1. The second-order valence-electron chi connectivity index (χ2n) is 11.6. The molecule has 0 bridgehead atoms. The summed E-state index contributed by atoms with van der Waals surface area (Å²) in [4.78, 5) is 0. The molecule has 41 heavy (non-hydrogen) atoms. The van der Waals surface area contributed by atoms with Gasteiger partial charge in [-0.3, -0.25) is 0 Å². The lowest BCUT2D eigenvalue weighted by molar-refractivity contribution is 0.908. The lowest BCUT2D eigenvalue weighted by Crippen LogP contribution is -1.83. The summed E-state index contributed by atoms with van der Waals surface area (Å²) in [6, 6.07) is 0. The molecule has 0 nitrogen and oxygen atoms in total. The third-order valence-electron chi connectivity index (χ3n) is 6.58. The Balaban J connectivity index is 4.73. The molecule has 0 heteroatoms. The average Bonchev–Trinajstić information content (AvgIpc) is 2.89. The van der Waals surface area contributed by atoms with E-state index < -0.39 is 0 Å². The Morgan fingerprint density at radius 1 is 0.390 bits per heavy atom. The van der Waals surface area contributed by atoms with Crippen molar-refractivity contribution < 1.29 is 0 Å². The van der Waals surface area contributed by atoms with Crippen molar-refractivity contribution in [2.45, 2.75) is 102 Å². The fraction of sp³-hybridized carbons (Fsp3) is 0.366. The van der Waals surface area contributed by atoms with Gasteiger partial charge in [0.15, 0.2) is 0 Å². The third kappa shape index (κ3) is 24.2. The van der Waals surface area contributed by atoms with E-state index in [-0.39, 0.29) is 0 Å². The molecule has 0 amide bonds. The SMILES string of the molecule is CC(C)=CCC/C(C)=C/C=C/C(C)=C/C=C/C(C)=C/C=C/C=C(C)/C=C/C=C(C)/C=C/C=C(\C)CCC(C)=C(C)C. The standard InChI is InChI=1S/C41H58/c1-33(2)19-14-22-37(7)25-17-28-38(8)26-15-23-35(5)20-12-13-21-36(6)24-16-27-39(9)29-18-30-40(10)31-32-41(11)34(3)4/h12-13,15-21,23-30H,14,22,31-32H2,1-11H3/b13-12+,23-15+,24-16+,28-17+,29-18+,35-20+,36-21+,37-25+,38-26+,39-27+,40-30+. The summed E-state index contributed by atoms with van der Waals surface area (Å²) in [5.74, 6) is 0. The summed E-state index contributed by atoms with van der Waals surface area (Å²) in [6.07, 6.45) is 41.1. The molecule has 0 aromatic carbocycles. The van der Waals surface area contributed by atoms with E-state index in [4.69, 9.17) is 0 Å². The van der Waals surface area contributed by atoms with Gasteiger partial charge in [-0.05, 0) is 102 Å². The van der Waals surface area contributed by atoms with E-state index in [0.29, 0.717) is 0 Å². The van der Waals surface area contributed by atoms with Gasteiger partial charge in [0.25, 0.3) is 0 Å². The van der Waals surface area contributed by atoms with Gasteiger partial charge in [-0.25, -0.2) is 0 Å². The minimum atomic E-state index is 1.12. The summed E-state index contributed by atoms with van der Waals surface area (Å²) in [7, 11) is 0. The van der Waals surface area contributed by atoms with E-state index in [9.17, 15) is 0 Å². The Hall–Kier alpha value is -3.38. The molecule has 0 aromatic heterocycles. The minimum absolute atomic E-state index is 1.12. The molecule has 0 aliphatic carbocycles. The molecule has 0 spiro atoms. The highest BCUT2D eigenvalue weighted by Crippen LogP contribution is 2.14. The molecular formula is C41H58. The average molecular weight is 551 g/mol. The van der Waals surface area contributed by atoms with Crippen LogP contribution in [0.1, 0.15) is 102 Å². The monoisotopic (exact) mass is 550 g/mol. The maximum absolute atomic E-state index is 2.30. The zero-order valence-electron chi connectivity index (χ0n) is 28.1. The zero-order chi connectivity index (χ0) is 31.0. The van der Waals surface area contributed by atoms with Crippen molar-refractivity contribution >= 4 is 0 Å². The Bertz CT molecular complexity index is 1190. The molecule has 0 unspecified atom stereocenters. The molecule has 0 N–H and O–H groups in total. The van der Waals surface area contributed by atoms with Crippen molar-refractivity contribution in [2.75, 3.05) is 0 Å². The first-order valence-corrected chi connectivity index (χ1v) is 15.1. The van der Waals surface area contributed by atoms with Crippen molar-refractivity contribution in [2.24, 2.45) is 0 Å². The van der Waals surface area contributed by atoms with Gasteiger partial charge in [0.1, 0.15) is 0 Å². The predicted molar refractivity (Wildman–Crippen MR) is 190 cm³/mol. The first kappa shape index (κ1) is 37.6. The van der Waals surface area contributed by atoms with Crippen molar-refractivity contribution in [3.05, 3.63) is 153 Å². The predicted octanol–water partition coefficient (Wildman–Crippen LogP) is 13.3. The third-order valence-corrected chi connectivity index (χ3v) is 6.58. The van der Waals surface area contributed by atoms with Gasteiger partial charge in [-0.15, -0.1) is 0 Å². The zero-order valence-corrected chi connectivity index (χ0v) is 28.1. The van der Waals surface area contributed by atoms with Crippen molar-refractivity contribution in [3.8, 4) is 0 Å². The smallest absolute Gasteiger partial charge is 0.0283 e. The van der Waals surface area contributed by atoms with E-state index >= 15 is 0 Å². The first-order chi connectivity index (χ1) is 19.4. The summed E-state index contributed by atoms with van der Waals surface area (Å²) in [5, 5.41) is 0. The molecule has 0 saturated heterocycles. The minimum Gasteiger partial charge on any atom is -0.0856 e. The molecule has 0 atom stereocenters. The normalized spacial score (nSPS) is 15.0. The van der Waals surface area contributed by atoms with E-state index in [1.807, 2.05) is 0 Å². The molecular weight excluding hydrogens is 492 g/mol. The van der Waals surface area contributed by atoms with Crippen LogP contribution in [0.2, 0.25) is 0 Å². The highest BCUT2D eigenvalue weighted by atomic mass is 14.0. The highest BCUT2D eigenvalue weighted by molar-refractivity contribution is 5.32. The van der Waals surface area contributed by atoms with Gasteiger partial charge in [-0.1, -0.05) is 153 Å². The summed E-state index contributed by atoms with van der Waals surface area (Å²) in [5.41, 5.74) is 12.0. The number of rotatable bonds is 16. The van der Waals surface area contributed by atoms with Crippen LogP contribution >= 0.6 is 0 Å². The number of hydrogen-bond donors (Lipinski definition) is 0.